The van der Waals surface area contributed by atoms with E-state index < -0.39 is 0 Å². The normalized spacial score (nSPS) is 16.1. The van der Waals surface area contributed by atoms with E-state index in [2.05, 4.69) is 15.7 Å². The number of methoxy groups -OCH3 is 2. The number of ether oxygens (including phenoxy) is 2. The van der Waals surface area contributed by atoms with Gasteiger partial charge in [-0.25, -0.2) is 9.78 Å². The molecule has 0 saturated carbocycles. The molecule has 29 heavy (non-hydrogen) atoms. The Morgan fingerprint density at radius 2 is 1.90 bits per heavy atom. The first-order valence-corrected chi connectivity index (χ1v) is 10.3. The number of carbonyl (C=O) groups is 1. The molecule has 0 amide bonds. The maximum Gasteiger partial charge on any atom is 0.328 e. The first-order chi connectivity index (χ1) is 14.2. The molecule has 4 rings (SSSR count). The van der Waals surface area contributed by atoms with E-state index >= 15 is 0 Å². The molecule has 1 saturated heterocycles. The van der Waals surface area contributed by atoms with Crippen LogP contribution in [0, 0.1) is 0 Å². The van der Waals surface area contributed by atoms with Gasteiger partial charge in [0.1, 0.15) is 17.6 Å². The molecule has 1 fully saturated rings. The summed E-state index contributed by atoms with van der Waals surface area (Å²) in [5, 5.41) is 2.08. The topological polar surface area (TPSA) is 63.7 Å². The highest BCUT2D eigenvalue weighted by Gasteiger charge is 2.33. The highest BCUT2D eigenvalue weighted by Crippen LogP contribution is 2.35. The number of esters is 1. The lowest BCUT2D eigenvalue weighted by atomic mass is 10.1. The lowest BCUT2D eigenvalue weighted by Crippen LogP contribution is -2.37. The number of nitrogens with one attached hydrogen (secondary N) is 1. The molecule has 2 heterocycles. The van der Waals surface area contributed by atoms with Crippen molar-refractivity contribution in [3.63, 3.8) is 0 Å². The lowest BCUT2D eigenvalue weighted by molar-refractivity contribution is -0.141. The molecule has 7 heteroatoms. The average Bonchev–Trinajstić information content (AvgIpc) is 3.27. The smallest absolute Gasteiger partial charge is 0.328 e. The molecule has 1 aliphatic heterocycles. The summed E-state index contributed by atoms with van der Waals surface area (Å²) < 4.78 is 13.6. The van der Waals surface area contributed by atoms with Gasteiger partial charge in [-0.05, 0) is 49.1 Å². The number of benzene rings is 2. The highest BCUT2D eigenvalue weighted by molar-refractivity contribution is 8.00. The van der Waals surface area contributed by atoms with Crippen molar-refractivity contribution in [3.8, 4) is 5.75 Å². The van der Waals surface area contributed by atoms with Gasteiger partial charge in [-0.15, -0.1) is 0 Å². The van der Waals surface area contributed by atoms with Crippen LogP contribution >= 0.6 is 11.9 Å². The molecular weight excluding hydrogens is 386 g/mol. The number of anilines is 2. The van der Waals surface area contributed by atoms with Gasteiger partial charge in [-0.2, -0.15) is 0 Å². The maximum absolute atomic E-state index is 12.2. The van der Waals surface area contributed by atoms with Crippen molar-refractivity contribution in [2.75, 3.05) is 30.4 Å². The average molecular weight is 410 g/mol. The second-order valence-electron chi connectivity index (χ2n) is 6.80. The first-order valence-electron chi connectivity index (χ1n) is 9.50. The number of hydrogen-bond donors (Lipinski definition) is 1. The van der Waals surface area contributed by atoms with E-state index in [9.17, 15) is 4.79 Å². The molecule has 1 N–H and O–H groups in total. The minimum absolute atomic E-state index is 0.203. The number of pyridine rings is 1. The minimum atomic E-state index is -0.275. The van der Waals surface area contributed by atoms with Crippen LogP contribution in [0.5, 0.6) is 5.75 Å². The Kier molecular flexibility index (Phi) is 5.76. The highest BCUT2D eigenvalue weighted by atomic mass is 32.2. The molecule has 3 aromatic rings. The predicted molar refractivity (Wildman–Crippen MR) is 117 cm³/mol. The number of fused-ring (bicyclic) bond motifs is 1. The molecule has 0 spiro atoms. The molecule has 0 radical (unpaired) electrons. The monoisotopic (exact) mass is 409 g/mol. The largest absolute Gasteiger partial charge is 0.497 e. The van der Waals surface area contributed by atoms with Crippen LogP contribution in [0.3, 0.4) is 0 Å². The van der Waals surface area contributed by atoms with Crippen molar-refractivity contribution in [2.24, 2.45) is 0 Å². The maximum atomic E-state index is 12.2. The van der Waals surface area contributed by atoms with Crippen molar-refractivity contribution in [1.82, 2.24) is 4.98 Å². The van der Waals surface area contributed by atoms with E-state index in [4.69, 9.17) is 14.5 Å². The summed E-state index contributed by atoms with van der Waals surface area (Å²) in [5.41, 5.74) is 0.930. The predicted octanol–water partition coefficient (Wildman–Crippen LogP) is 4.50. The number of carbonyl (C=O) groups excluding carboxylic acids is 1. The molecule has 2 aromatic carbocycles. The molecule has 1 unspecified atom stereocenters. The summed E-state index contributed by atoms with van der Waals surface area (Å²) in [4.78, 5) is 20.0. The van der Waals surface area contributed by atoms with Gasteiger partial charge in [0.25, 0.3) is 0 Å². The van der Waals surface area contributed by atoms with Gasteiger partial charge in [0.15, 0.2) is 0 Å². The standard InChI is InChI=1S/C22H23N3O3S/c1-27-15-9-11-16(12-10-15)29-24-19-14-23-21(18-7-4-3-6-17(18)19)25-13-5-8-20(25)22(26)28-2/h3-4,6-7,9-12,14,20,24H,5,8,13H2,1-2H3. The van der Waals surface area contributed by atoms with E-state index in [1.807, 2.05) is 48.7 Å². The summed E-state index contributed by atoms with van der Waals surface area (Å²) in [6.07, 6.45) is 3.57. The van der Waals surface area contributed by atoms with Crippen molar-refractivity contribution in [1.29, 1.82) is 0 Å². The summed E-state index contributed by atoms with van der Waals surface area (Å²) >= 11 is 1.52. The number of rotatable bonds is 6. The van der Waals surface area contributed by atoms with E-state index in [1.165, 1.54) is 19.1 Å². The molecular formula is C22H23N3O3S. The molecule has 150 valence electrons. The zero-order chi connectivity index (χ0) is 20.2. The lowest BCUT2D eigenvalue weighted by Gasteiger charge is -2.25. The van der Waals surface area contributed by atoms with Crippen LogP contribution in [0.4, 0.5) is 11.5 Å². The van der Waals surface area contributed by atoms with Crippen molar-refractivity contribution in [3.05, 3.63) is 54.7 Å². The van der Waals surface area contributed by atoms with E-state index in [0.717, 1.165) is 52.3 Å². The van der Waals surface area contributed by atoms with Gasteiger partial charge in [0.2, 0.25) is 0 Å². The van der Waals surface area contributed by atoms with Crippen LogP contribution in [0.25, 0.3) is 10.8 Å². The number of hydrogen-bond acceptors (Lipinski definition) is 7. The molecule has 1 aliphatic rings. The zero-order valence-electron chi connectivity index (χ0n) is 16.4. The Bertz CT molecular complexity index is 1010. The van der Waals surface area contributed by atoms with Gasteiger partial charge in [-0.3, -0.25) is 0 Å². The van der Waals surface area contributed by atoms with E-state index in [0.29, 0.717) is 0 Å². The Morgan fingerprint density at radius 1 is 1.14 bits per heavy atom. The summed E-state index contributed by atoms with van der Waals surface area (Å²) in [6, 6.07) is 15.7. The van der Waals surface area contributed by atoms with Crippen molar-refractivity contribution in [2.45, 2.75) is 23.8 Å². The molecule has 6 nitrogen and oxygen atoms in total. The molecule has 1 aromatic heterocycles. The third-order valence-corrected chi connectivity index (χ3v) is 5.94. The quantitative estimate of drug-likeness (QED) is 0.475. The Hall–Kier alpha value is -2.93. The van der Waals surface area contributed by atoms with Crippen molar-refractivity contribution < 1.29 is 14.3 Å². The van der Waals surface area contributed by atoms with Gasteiger partial charge in [-0.1, -0.05) is 24.3 Å². The third-order valence-electron chi connectivity index (χ3n) is 5.11. The van der Waals surface area contributed by atoms with E-state index in [-0.39, 0.29) is 12.0 Å². The fraction of sp³-hybridized carbons (Fsp3) is 0.273. The number of nitrogens with zero attached hydrogens (tertiary/aromatic N) is 2. The summed E-state index contributed by atoms with van der Waals surface area (Å²) in [7, 11) is 3.10. The van der Waals surface area contributed by atoms with Crippen LogP contribution in [-0.2, 0) is 9.53 Å². The van der Waals surface area contributed by atoms with Gasteiger partial charge < -0.3 is 19.1 Å². The minimum Gasteiger partial charge on any atom is -0.497 e. The van der Waals surface area contributed by atoms with Gasteiger partial charge in [0, 0.05) is 22.2 Å². The zero-order valence-corrected chi connectivity index (χ0v) is 17.2. The van der Waals surface area contributed by atoms with Crippen LogP contribution in [-0.4, -0.2) is 37.8 Å². The Labute approximate surface area is 174 Å². The van der Waals surface area contributed by atoms with Crippen LogP contribution in [0.1, 0.15) is 12.8 Å². The molecule has 0 aliphatic carbocycles. The SMILES string of the molecule is COC(=O)C1CCCN1c1ncc(NSc2ccc(OC)cc2)c2ccccc12. The Morgan fingerprint density at radius 3 is 2.62 bits per heavy atom. The van der Waals surface area contributed by atoms with Crippen LogP contribution in [0.2, 0.25) is 0 Å². The van der Waals surface area contributed by atoms with Crippen LogP contribution in [0.15, 0.2) is 59.6 Å². The number of aromatic nitrogens is 1. The van der Waals surface area contributed by atoms with Gasteiger partial charge >= 0.3 is 5.97 Å². The fourth-order valence-corrected chi connectivity index (χ4v) is 4.31. The van der Waals surface area contributed by atoms with Gasteiger partial charge in [0.05, 0.1) is 26.1 Å². The summed E-state index contributed by atoms with van der Waals surface area (Å²) in [5.74, 6) is 1.45. The van der Waals surface area contributed by atoms with Crippen molar-refractivity contribution >= 4 is 40.2 Å². The second kappa shape index (κ2) is 8.61. The second-order valence-corrected chi connectivity index (χ2v) is 7.67. The third kappa shape index (κ3) is 3.96. The first kappa shape index (κ1) is 19.4. The Balaban J connectivity index is 1.62. The van der Waals surface area contributed by atoms with E-state index in [1.54, 1.807) is 7.11 Å². The van der Waals surface area contributed by atoms with Crippen LogP contribution < -0.4 is 14.4 Å². The molecule has 1 atom stereocenters. The fourth-order valence-electron chi connectivity index (χ4n) is 3.65. The molecule has 0 bridgehead atoms. The summed E-state index contributed by atoms with van der Waals surface area (Å²) in [6.45, 7) is 0.796.